The molecule has 0 radical (unpaired) electrons. The summed E-state index contributed by atoms with van der Waals surface area (Å²) in [7, 11) is 0. The first-order valence-corrected chi connectivity index (χ1v) is 8.30. The van der Waals surface area contributed by atoms with E-state index in [0.29, 0.717) is 6.42 Å². The van der Waals surface area contributed by atoms with Gasteiger partial charge in [-0.3, -0.25) is 4.79 Å². The quantitative estimate of drug-likeness (QED) is 0.293. The van der Waals surface area contributed by atoms with Gasteiger partial charge in [0.2, 0.25) is 0 Å². The number of carbonyl (C=O) groups is 1. The second-order valence-corrected chi connectivity index (χ2v) is 5.44. The lowest BCUT2D eigenvalue weighted by molar-refractivity contribution is -0.147. The van der Waals surface area contributed by atoms with Crippen molar-refractivity contribution < 1.29 is 19.7 Å². The Labute approximate surface area is 129 Å². The van der Waals surface area contributed by atoms with E-state index in [2.05, 4.69) is 19.1 Å². The first-order valence-electron chi connectivity index (χ1n) is 8.30. The molecule has 0 rings (SSSR count). The van der Waals surface area contributed by atoms with Crippen molar-refractivity contribution in [3.63, 3.8) is 0 Å². The molecule has 0 aliphatic carbocycles. The van der Waals surface area contributed by atoms with Crippen molar-refractivity contribution in [3.8, 4) is 0 Å². The van der Waals surface area contributed by atoms with Crippen molar-refractivity contribution in [3.05, 3.63) is 12.2 Å². The molecule has 124 valence electrons. The maximum Gasteiger partial charge on any atom is 0.305 e. The van der Waals surface area contributed by atoms with E-state index >= 15 is 0 Å². The average molecular weight is 300 g/mol. The molecule has 1 atom stereocenters. The van der Waals surface area contributed by atoms with E-state index in [1.165, 1.54) is 32.1 Å². The van der Waals surface area contributed by atoms with Crippen LogP contribution in [0.3, 0.4) is 0 Å². The van der Waals surface area contributed by atoms with Crippen LogP contribution in [0.2, 0.25) is 0 Å². The first kappa shape index (κ1) is 20.1. The predicted molar refractivity (Wildman–Crippen MR) is 85.0 cm³/mol. The zero-order valence-electron chi connectivity index (χ0n) is 13.4. The second-order valence-electron chi connectivity index (χ2n) is 5.44. The largest absolute Gasteiger partial charge is 0.463 e. The molecule has 21 heavy (non-hydrogen) atoms. The summed E-state index contributed by atoms with van der Waals surface area (Å²) in [5.41, 5.74) is 0. The van der Waals surface area contributed by atoms with Crippen molar-refractivity contribution in [1.29, 1.82) is 0 Å². The fourth-order valence-corrected chi connectivity index (χ4v) is 1.95. The van der Waals surface area contributed by atoms with Crippen LogP contribution in [0.4, 0.5) is 0 Å². The van der Waals surface area contributed by atoms with Gasteiger partial charge in [0, 0.05) is 6.42 Å². The molecule has 0 bridgehead atoms. The van der Waals surface area contributed by atoms with Crippen molar-refractivity contribution in [2.24, 2.45) is 0 Å². The average Bonchev–Trinajstić information content (AvgIpc) is 2.50. The fraction of sp³-hybridized carbons (Fsp3) is 0.824. The maximum atomic E-state index is 11.3. The number of ether oxygens (including phenoxy) is 1. The lowest BCUT2D eigenvalue weighted by Gasteiger charge is -2.08. The molecule has 0 saturated heterocycles. The Bertz CT molecular complexity index is 264. The number of allylic oxidation sites excluding steroid dienone is 2. The Morgan fingerprint density at radius 1 is 1.05 bits per heavy atom. The smallest absolute Gasteiger partial charge is 0.305 e. The molecule has 0 aromatic carbocycles. The Morgan fingerprint density at radius 2 is 1.67 bits per heavy atom. The van der Waals surface area contributed by atoms with Gasteiger partial charge in [-0.25, -0.2) is 0 Å². The van der Waals surface area contributed by atoms with Gasteiger partial charge in [0.05, 0.1) is 6.61 Å². The maximum absolute atomic E-state index is 11.3. The van der Waals surface area contributed by atoms with E-state index in [4.69, 9.17) is 14.9 Å². The highest BCUT2D eigenvalue weighted by Crippen LogP contribution is 2.07. The summed E-state index contributed by atoms with van der Waals surface area (Å²) in [5, 5.41) is 17.6. The lowest BCUT2D eigenvalue weighted by Crippen LogP contribution is -2.21. The molecule has 2 N–H and O–H groups in total. The van der Waals surface area contributed by atoms with Crippen molar-refractivity contribution in [2.45, 2.75) is 77.2 Å². The summed E-state index contributed by atoms with van der Waals surface area (Å²) in [6.45, 7) is 1.73. The molecule has 0 aromatic rings. The molecule has 0 heterocycles. The van der Waals surface area contributed by atoms with Crippen LogP contribution in [-0.4, -0.2) is 35.5 Å². The van der Waals surface area contributed by atoms with Gasteiger partial charge in [-0.1, -0.05) is 44.8 Å². The van der Waals surface area contributed by atoms with Gasteiger partial charge in [0.15, 0.2) is 0 Å². The van der Waals surface area contributed by atoms with E-state index in [-0.39, 0.29) is 19.2 Å². The van der Waals surface area contributed by atoms with Crippen LogP contribution < -0.4 is 0 Å². The van der Waals surface area contributed by atoms with Crippen LogP contribution in [0, 0.1) is 0 Å². The van der Waals surface area contributed by atoms with Gasteiger partial charge < -0.3 is 14.9 Å². The van der Waals surface area contributed by atoms with Gasteiger partial charge in [-0.2, -0.15) is 0 Å². The molecule has 0 unspecified atom stereocenters. The van der Waals surface area contributed by atoms with E-state index in [1.54, 1.807) is 0 Å². The van der Waals surface area contributed by atoms with Crippen LogP contribution in [0.1, 0.15) is 71.1 Å². The van der Waals surface area contributed by atoms with Crippen LogP contribution in [-0.2, 0) is 9.53 Å². The Balaban J connectivity index is 3.27. The predicted octanol–water partition coefficient (Wildman–Crippen LogP) is 3.36. The van der Waals surface area contributed by atoms with Crippen LogP contribution >= 0.6 is 0 Å². The summed E-state index contributed by atoms with van der Waals surface area (Å²) in [6, 6.07) is 0. The minimum Gasteiger partial charge on any atom is -0.463 e. The zero-order chi connectivity index (χ0) is 15.8. The van der Waals surface area contributed by atoms with E-state index in [1.807, 2.05) is 0 Å². The summed E-state index contributed by atoms with van der Waals surface area (Å²) in [6.07, 6.45) is 14.3. The summed E-state index contributed by atoms with van der Waals surface area (Å²) in [4.78, 5) is 11.3. The lowest BCUT2D eigenvalue weighted by atomic mass is 10.1. The van der Waals surface area contributed by atoms with E-state index in [9.17, 15) is 4.79 Å². The van der Waals surface area contributed by atoms with Gasteiger partial charge >= 0.3 is 5.97 Å². The van der Waals surface area contributed by atoms with Gasteiger partial charge in [0.25, 0.3) is 0 Å². The molecule has 4 heteroatoms. The number of aliphatic hydroxyl groups excluding tert-OH is 2. The number of unbranched alkanes of at least 4 members (excludes halogenated alkanes) is 7. The van der Waals surface area contributed by atoms with Crippen LogP contribution in [0.15, 0.2) is 12.2 Å². The van der Waals surface area contributed by atoms with Crippen LogP contribution in [0.25, 0.3) is 0 Å². The molecule has 0 aliphatic rings. The topological polar surface area (TPSA) is 66.8 Å². The number of aliphatic hydroxyl groups is 2. The molecule has 0 saturated carbocycles. The van der Waals surface area contributed by atoms with Crippen molar-refractivity contribution in [2.75, 3.05) is 13.2 Å². The summed E-state index contributed by atoms with van der Waals surface area (Å²) >= 11 is 0. The summed E-state index contributed by atoms with van der Waals surface area (Å²) in [5.74, 6) is -0.297. The number of rotatable bonds is 14. The molecule has 0 amide bonds. The highest BCUT2D eigenvalue weighted by molar-refractivity contribution is 5.69. The zero-order valence-corrected chi connectivity index (χ0v) is 13.4. The molecule has 0 spiro atoms. The second kappa shape index (κ2) is 15.5. The Hall–Kier alpha value is -0.870. The van der Waals surface area contributed by atoms with Gasteiger partial charge in [-0.05, 0) is 32.1 Å². The molecule has 0 fully saturated rings. The third kappa shape index (κ3) is 15.3. The third-order valence-corrected chi connectivity index (χ3v) is 3.29. The molecule has 0 aromatic heterocycles. The Morgan fingerprint density at radius 3 is 2.24 bits per heavy atom. The normalized spacial score (nSPS) is 12.7. The molecule has 0 aliphatic heterocycles. The van der Waals surface area contributed by atoms with Crippen molar-refractivity contribution >= 4 is 5.97 Å². The first-order chi connectivity index (χ1) is 10.2. The van der Waals surface area contributed by atoms with E-state index in [0.717, 1.165) is 25.7 Å². The SMILES string of the molecule is CCCCCC/C=C/CCCCCC(=O)OC[C@H](O)CO. The fourth-order valence-electron chi connectivity index (χ4n) is 1.95. The number of hydrogen-bond acceptors (Lipinski definition) is 4. The monoisotopic (exact) mass is 300 g/mol. The molecular weight excluding hydrogens is 268 g/mol. The number of carbonyl (C=O) groups excluding carboxylic acids is 1. The Kier molecular flexibility index (Phi) is 14.9. The molecular formula is C17H32O4. The minimum atomic E-state index is -0.962. The third-order valence-electron chi connectivity index (χ3n) is 3.29. The van der Waals surface area contributed by atoms with Crippen LogP contribution in [0.5, 0.6) is 0 Å². The van der Waals surface area contributed by atoms with E-state index < -0.39 is 6.10 Å². The number of esters is 1. The minimum absolute atomic E-state index is 0.115. The van der Waals surface area contributed by atoms with Crippen molar-refractivity contribution in [1.82, 2.24) is 0 Å². The summed E-state index contributed by atoms with van der Waals surface area (Å²) < 4.78 is 4.82. The number of hydrogen-bond donors (Lipinski definition) is 2. The molecule has 4 nitrogen and oxygen atoms in total. The highest BCUT2D eigenvalue weighted by atomic mass is 16.5. The van der Waals surface area contributed by atoms with Gasteiger partial charge in [0.1, 0.15) is 12.7 Å². The highest BCUT2D eigenvalue weighted by Gasteiger charge is 2.07. The van der Waals surface area contributed by atoms with Gasteiger partial charge in [-0.15, -0.1) is 0 Å². The standard InChI is InChI=1S/C17H32O4/c1-2-3-4-5-6-7-8-9-10-11-12-13-17(20)21-15-16(19)14-18/h7-8,16,18-19H,2-6,9-15H2,1H3/b8-7+/t16-/m1/s1.